The SMILES string of the molecule is Cc1cccc(-c2cccc(C[C@@]3(C(=O)N(C)C)CCCN(C(=O)[C@H]4CCC(=O)N4)C3)c2)c1. The summed E-state index contributed by atoms with van der Waals surface area (Å²) >= 11 is 0. The summed E-state index contributed by atoms with van der Waals surface area (Å²) in [6, 6.07) is 16.3. The van der Waals surface area contributed by atoms with E-state index in [4.69, 9.17) is 0 Å². The van der Waals surface area contributed by atoms with Crippen molar-refractivity contribution in [1.82, 2.24) is 15.1 Å². The predicted octanol–water partition coefficient (Wildman–Crippen LogP) is 3.18. The Balaban J connectivity index is 1.61. The maximum atomic E-state index is 13.5. The van der Waals surface area contributed by atoms with E-state index in [1.165, 1.54) is 5.56 Å². The molecule has 0 saturated carbocycles. The molecule has 174 valence electrons. The zero-order chi connectivity index (χ0) is 23.6. The summed E-state index contributed by atoms with van der Waals surface area (Å²) in [6.45, 7) is 3.08. The molecule has 0 aromatic heterocycles. The second kappa shape index (κ2) is 9.38. The molecule has 3 amide bonds. The maximum absolute atomic E-state index is 13.5. The molecule has 0 unspecified atom stereocenters. The number of likely N-dealkylation sites (tertiary alicyclic amines) is 1. The molecule has 2 aromatic carbocycles. The third-order valence-corrected chi connectivity index (χ3v) is 6.86. The highest BCUT2D eigenvalue weighted by Gasteiger charge is 2.45. The fourth-order valence-corrected chi connectivity index (χ4v) is 5.28. The minimum absolute atomic E-state index is 0.0522. The zero-order valence-corrected chi connectivity index (χ0v) is 19.8. The van der Waals surface area contributed by atoms with Gasteiger partial charge in [0.2, 0.25) is 17.7 Å². The van der Waals surface area contributed by atoms with Crippen LogP contribution in [0.25, 0.3) is 11.1 Å². The Hall–Kier alpha value is -3.15. The monoisotopic (exact) mass is 447 g/mol. The van der Waals surface area contributed by atoms with Crippen molar-refractivity contribution in [1.29, 1.82) is 0 Å². The summed E-state index contributed by atoms with van der Waals surface area (Å²) < 4.78 is 0. The van der Waals surface area contributed by atoms with Crippen LogP contribution in [0.15, 0.2) is 48.5 Å². The Morgan fingerprint density at radius 3 is 2.52 bits per heavy atom. The number of benzene rings is 2. The van der Waals surface area contributed by atoms with Gasteiger partial charge in [-0.2, -0.15) is 0 Å². The molecule has 6 nitrogen and oxygen atoms in total. The molecule has 33 heavy (non-hydrogen) atoms. The van der Waals surface area contributed by atoms with Crippen molar-refractivity contribution in [2.24, 2.45) is 5.41 Å². The Morgan fingerprint density at radius 1 is 1.12 bits per heavy atom. The van der Waals surface area contributed by atoms with Crippen LogP contribution in [0.3, 0.4) is 0 Å². The lowest BCUT2D eigenvalue weighted by Gasteiger charge is -2.43. The molecule has 0 spiro atoms. The minimum Gasteiger partial charge on any atom is -0.348 e. The first-order valence-electron chi connectivity index (χ1n) is 11.7. The fourth-order valence-electron chi connectivity index (χ4n) is 5.28. The van der Waals surface area contributed by atoms with Gasteiger partial charge >= 0.3 is 0 Å². The quantitative estimate of drug-likeness (QED) is 0.765. The fraction of sp³-hybridized carbons (Fsp3) is 0.444. The number of hydrogen-bond donors (Lipinski definition) is 1. The number of nitrogens with one attached hydrogen (secondary N) is 1. The second-order valence-corrected chi connectivity index (χ2v) is 9.75. The number of carbonyl (C=O) groups is 3. The summed E-state index contributed by atoms with van der Waals surface area (Å²) in [4.78, 5) is 41.7. The first-order valence-corrected chi connectivity index (χ1v) is 11.7. The van der Waals surface area contributed by atoms with Gasteiger partial charge in [0, 0.05) is 33.6 Å². The Bertz CT molecular complexity index is 1060. The molecular formula is C27H33N3O3. The molecule has 2 aliphatic rings. The highest BCUT2D eigenvalue weighted by Crippen LogP contribution is 2.37. The standard InChI is InChI=1S/C27H33N3O3/c1-19-7-4-9-21(15-19)22-10-5-8-20(16-22)17-27(26(33)29(2)3)13-6-14-30(18-27)25(32)23-11-12-24(31)28-23/h4-5,7-10,15-16,23H,6,11-14,17-18H2,1-3H3,(H,28,31)/t23-,27+/m1/s1. The van der Waals surface area contributed by atoms with Crippen LogP contribution in [0.5, 0.6) is 0 Å². The van der Waals surface area contributed by atoms with Crippen LogP contribution in [0.1, 0.15) is 36.8 Å². The minimum atomic E-state index is -0.675. The Morgan fingerprint density at radius 2 is 1.85 bits per heavy atom. The van der Waals surface area contributed by atoms with E-state index in [0.717, 1.165) is 29.5 Å². The summed E-state index contributed by atoms with van der Waals surface area (Å²) in [5, 5.41) is 2.78. The van der Waals surface area contributed by atoms with E-state index in [2.05, 4.69) is 54.7 Å². The van der Waals surface area contributed by atoms with Crippen molar-refractivity contribution in [2.75, 3.05) is 27.2 Å². The van der Waals surface area contributed by atoms with Crippen LogP contribution in [0, 0.1) is 12.3 Å². The molecule has 2 saturated heterocycles. The van der Waals surface area contributed by atoms with Gasteiger partial charge in [0.1, 0.15) is 6.04 Å². The number of rotatable bonds is 5. The first kappa shape index (κ1) is 23.0. The molecule has 6 heteroatoms. The van der Waals surface area contributed by atoms with Crippen molar-refractivity contribution in [2.45, 2.75) is 45.1 Å². The molecule has 2 fully saturated rings. The van der Waals surface area contributed by atoms with Crippen LogP contribution >= 0.6 is 0 Å². The average molecular weight is 448 g/mol. The molecule has 0 bridgehead atoms. The van der Waals surface area contributed by atoms with Gasteiger partial charge < -0.3 is 15.1 Å². The van der Waals surface area contributed by atoms with Gasteiger partial charge in [-0.25, -0.2) is 0 Å². The number of amides is 3. The largest absolute Gasteiger partial charge is 0.348 e. The second-order valence-electron chi connectivity index (χ2n) is 9.75. The average Bonchev–Trinajstić information content (AvgIpc) is 3.24. The van der Waals surface area contributed by atoms with E-state index in [-0.39, 0.29) is 17.7 Å². The van der Waals surface area contributed by atoms with Gasteiger partial charge in [0.05, 0.1) is 5.41 Å². The van der Waals surface area contributed by atoms with Gasteiger partial charge in [-0.15, -0.1) is 0 Å². The van der Waals surface area contributed by atoms with Crippen LogP contribution in [-0.2, 0) is 20.8 Å². The normalized spacial score (nSPS) is 22.7. The van der Waals surface area contributed by atoms with Crippen molar-refractivity contribution < 1.29 is 14.4 Å². The lowest BCUT2D eigenvalue weighted by molar-refractivity contribution is -0.148. The van der Waals surface area contributed by atoms with Gasteiger partial charge in [-0.1, -0.05) is 54.1 Å². The first-order chi connectivity index (χ1) is 15.8. The number of carbonyl (C=O) groups excluding carboxylic acids is 3. The topological polar surface area (TPSA) is 69.7 Å². The summed E-state index contributed by atoms with van der Waals surface area (Å²) in [5.41, 5.74) is 3.90. The van der Waals surface area contributed by atoms with E-state index in [9.17, 15) is 14.4 Å². The number of piperidine rings is 1. The van der Waals surface area contributed by atoms with Crippen molar-refractivity contribution in [3.8, 4) is 11.1 Å². The van der Waals surface area contributed by atoms with Gasteiger partial charge in [-0.3, -0.25) is 14.4 Å². The highest BCUT2D eigenvalue weighted by atomic mass is 16.2. The van der Waals surface area contributed by atoms with Crippen LogP contribution in [-0.4, -0.2) is 60.7 Å². The zero-order valence-electron chi connectivity index (χ0n) is 19.8. The Kier molecular flexibility index (Phi) is 6.54. The molecule has 2 atom stereocenters. The van der Waals surface area contributed by atoms with Crippen LogP contribution < -0.4 is 5.32 Å². The van der Waals surface area contributed by atoms with Crippen molar-refractivity contribution in [3.05, 3.63) is 59.7 Å². The molecule has 2 aliphatic heterocycles. The molecule has 1 N–H and O–H groups in total. The number of nitrogens with zero attached hydrogens (tertiary/aromatic N) is 2. The third-order valence-electron chi connectivity index (χ3n) is 6.86. The van der Waals surface area contributed by atoms with Crippen LogP contribution in [0.2, 0.25) is 0 Å². The smallest absolute Gasteiger partial charge is 0.245 e. The van der Waals surface area contributed by atoms with E-state index in [0.29, 0.717) is 32.4 Å². The van der Waals surface area contributed by atoms with E-state index in [1.54, 1.807) is 23.9 Å². The lowest BCUT2D eigenvalue weighted by atomic mass is 9.73. The Labute approximate surface area is 196 Å². The molecular weight excluding hydrogens is 414 g/mol. The van der Waals surface area contributed by atoms with Crippen LogP contribution in [0.4, 0.5) is 0 Å². The lowest BCUT2D eigenvalue weighted by Crippen LogP contribution is -2.56. The molecule has 2 aromatic rings. The summed E-state index contributed by atoms with van der Waals surface area (Å²) in [7, 11) is 3.57. The predicted molar refractivity (Wildman–Crippen MR) is 128 cm³/mol. The van der Waals surface area contributed by atoms with Gasteiger partial charge in [0.25, 0.3) is 0 Å². The molecule has 0 radical (unpaired) electrons. The van der Waals surface area contributed by atoms with Crippen molar-refractivity contribution >= 4 is 17.7 Å². The highest BCUT2D eigenvalue weighted by molar-refractivity contribution is 5.91. The van der Waals surface area contributed by atoms with Crippen molar-refractivity contribution in [3.63, 3.8) is 0 Å². The van der Waals surface area contributed by atoms with E-state index in [1.807, 2.05) is 6.07 Å². The van der Waals surface area contributed by atoms with E-state index >= 15 is 0 Å². The third kappa shape index (κ3) is 4.95. The molecule has 2 heterocycles. The number of aryl methyl sites for hydroxylation is 1. The summed E-state index contributed by atoms with van der Waals surface area (Å²) in [6.07, 6.45) is 2.99. The summed E-state index contributed by atoms with van der Waals surface area (Å²) in [5.74, 6) is -0.0876. The van der Waals surface area contributed by atoms with Gasteiger partial charge in [-0.05, 0) is 49.3 Å². The maximum Gasteiger partial charge on any atom is 0.245 e. The van der Waals surface area contributed by atoms with Gasteiger partial charge in [0.15, 0.2) is 0 Å². The molecule has 0 aliphatic carbocycles. The number of hydrogen-bond acceptors (Lipinski definition) is 3. The van der Waals surface area contributed by atoms with E-state index < -0.39 is 11.5 Å². The molecule has 4 rings (SSSR count).